The standard InChI is InChI=1S/C11H20O2S/c1-10(2)7-12-11(13-8-10)5-3-4-9(14)6-11/h9,14H,3-8H2,1-2H3. The maximum atomic E-state index is 5.92. The molecule has 0 bridgehead atoms. The molecule has 0 N–H and O–H groups in total. The summed E-state index contributed by atoms with van der Waals surface area (Å²) in [6.45, 7) is 5.99. The van der Waals surface area contributed by atoms with Gasteiger partial charge in [-0.2, -0.15) is 12.6 Å². The molecular weight excluding hydrogens is 196 g/mol. The van der Waals surface area contributed by atoms with Gasteiger partial charge in [0.15, 0.2) is 5.79 Å². The predicted octanol–water partition coefficient (Wildman–Crippen LogP) is 2.63. The topological polar surface area (TPSA) is 18.5 Å². The fourth-order valence-corrected chi connectivity index (χ4v) is 2.63. The van der Waals surface area contributed by atoms with E-state index in [-0.39, 0.29) is 11.2 Å². The van der Waals surface area contributed by atoms with Gasteiger partial charge in [-0.25, -0.2) is 0 Å². The molecule has 1 saturated carbocycles. The third kappa shape index (κ3) is 2.26. The minimum atomic E-state index is -0.291. The van der Waals surface area contributed by atoms with Crippen molar-refractivity contribution in [3.63, 3.8) is 0 Å². The van der Waals surface area contributed by atoms with Gasteiger partial charge >= 0.3 is 0 Å². The summed E-state index contributed by atoms with van der Waals surface area (Å²) in [6, 6.07) is 0. The molecule has 1 heterocycles. The van der Waals surface area contributed by atoms with Crippen LogP contribution in [-0.4, -0.2) is 24.3 Å². The van der Waals surface area contributed by atoms with Crippen molar-refractivity contribution in [3.8, 4) is 0 Å². The molecule has 0 amide bonds. The smallest absolute Gasteiger partial charge is 0.169 e. The van der Waals surface area contributed by atoms with Crippen LogP contribution in [0.4, 0.5) is 0 Å². The van der Waals surface area contributed by atoms with Crippen molar-refractivity contribution < 1.29 is 9.47 Å². The summed E-state index contributed by atoms with van der Waals surface area (Å²) >= 11 is 4.53. The molecule has 2 nitrogen and oxygen atoms in total. The average Bonchev–Trinajstić information content (AvgIpc) is 2.12. The number of ether oxygens (including phenoxy) is 2. The van der Waals surface area contributed by atoms with Crippen LogP contribution in [0.2, 0.25) is 0 Å². The second-order valence-electron chi connectivity index (χ2n) is 5.40. The summed E-state index contributed by atoms with van der Waals surface area (Å²) in [6.07, 6.45) is 4.36. The summed E-state index contributed by atoms with van der Waals surface area (Å²) in [4.78, 5) is 0. The molecule has 1 aliphatic carbocycles. The Morgan fingerprint density at radius 3 is 2.43 bits per heavy atom. The molecule has 0 aromatic heterocycles. The van der Waals surface area contributed by atoms with Gasteiger partial charge in [-0.1, -0.05) is 13.8 Å². The van der Waals surface area contributed by atoms with Crippen LogP contribution in [0.5, 0.6) is 0 Å². The van der Waals surface area contributed by atoms with Crippen molar-refractivity contribution in [2.75, 3.05) is 13.2 Å². The van der Waals surface area contributed by atoms with Crippen LogP contribution in [0.15, 0.2) is 0 Å². The highest BCUT2D eigenvalue weighted by molar-refractivity contribution is 7.80. The van der Waals surface area contributed by atoms with Crippen molar-refractivity contribution in [1.82, 2.24) is 0 Å². The Morgan fingerprint density at radius 1 is 1.21 bits per heavy atom. The molecule has 2 aliphatic rings. The molecule has 1 spiro atoms. The molecule has 2 rings (SSSR count). The molecule has 1 aliphatic heterocycles. The van der Waals surface area contributed by atoms with E-state index in [0.29, 0.717) is 5.25 Å². The van der Waals surface area contributed by atoms with E-state index in [9.17, 15) is 0 Å². The van der Waals surface area contributed by atoms with Crippen molar-refractivity contribution >= 4 is 12.6 Å². The van der Waals surface area contributed by atoms with Gasteiger partial charge < -0.3 is 9.47 Å². The fourth-order valence-electron chi connectivity index (χ4n) is 2.17. The minimum absolute atomic E-state index is 0.175. The van der Waals surface area contributed by atoms with E-state index in [1.807, 2.05) is 0 Å². The van der Waals surface area contributed by atoms with E-state index in [0.717, 1.165) is 26.1 Å². The van der Waals surface area contributed by atoms with Crippen LogP contribution in [-0.2, 0) is 9.47 Å². The highest BCUT2D eigenvalue weighted by Gasteiger charge is 2.43. The van der Waals surface area contributed by atoms with Crippen molar-refractivity contribution in [2.24, 2.45) is 5.41 Å². The lowest BCUT2D eigenvalue weighted by Crippen LogP contribution is -2.50. The van der Waals surface area contributed by atoms with Crippen LogP contribution < -0.4 is 0 Å². The number of rotatable bonds is 0. The van der Waals surface area contributed by atoms with Gasteiger partial charge in [-0.3, -0.25) is 0 Å². The quantitative estimate of drug-likeness (QED) is 0.628. The van der Waals surface area contributed by atoms with Crippen LogP contribution in [0.25, 0.3) is 0 Å². The largest absolute Gasteiger partial charge is 0.349 e. The van der Waals surface area contributed by atoms with Crippen LogP contribution in [0.1, 0.15) is 39.5 Å². The highest BCUT2D eigenvalue weighted by Crippen LogP contribution is 2.40. The SMILES string of the molecule is CC1(C)COC2(CCCC(S)C2)OC1. The molecular formula is C11H20O2S. The van der Waals surface area contributed by atoms with Crippen LogP contribution in [0.3, 0.4) is 0 Å². The third-order valence-corrected chi connectivity index (χ3v) is 3.53. The Morgan fingerprint density at radius 2 is 1.86 bits per heavy atom. The van der Waals surface area contributed by atoms with Crippen LogP contribution >= 0.6 is 12.6 Å². The molecule has 0 aromatic rings. The molecule has 3 heteroatoms. The molecule has 0 radical (unpaired) electrons. The Kier molecular flexibility index (Phi) is 2.84. The lowest BCUT2D eigenvalue weighted by atomic mass is 9.89. The predicted molar refractivity (Wildman–Crippen MR) is 59.7 cm³/mol. The summed E-state index contributed by atoms with van der Waals surface area (Å²) < 4.78 is 11.8. The second kappa shape index (κ2) is 3.69. The molecule has 82 valence electrons. The van der Waals surface area contributed by atoms with Gasteiger partial charge in [0.25, 0.3) is 0 Å². The highest BCUT2D eigenvalue weighted by atomic mass is 32.1. The maximum absolute atomic E-state index is 5.92. The molecule has 1 atom stereocenters. The summed E-state index contributed by atoms with van der Waals surface area (Å²) in [7, 11) is 0. The number of thiol groups is 1. The van der Waals surface area contributed by atoms with Gasteiger partial charge in [0, 0.05) is 23.5 Å². The molecule has 1 unspecified atom stereocenters. The van der Waals surface area contributed by atoms with E-state index < -0.39 is 0 Å². The van der Waals surface area contributed by atoms with Crippen molar-refractivity contribution in [2.45, 2.75) is 50.6 Å². The van der Waals surface area contributed by atoms with Gasteiger partial charge in [0.2, 0.25) is 0 Å². The Labute approximate surface area is 91.8 Å². The van der Waals surface area contributed by atoms with E-state index in [2.05, 4.69) is 26.5 Å². The fraction of sp³-hybridized carbons (Fsp3) is 1.00. The number of hydrogen-bond donors (Lipinski definition) is 1. The zero-order valence-corrected chi connectivity index (χ0v) is 9.98. The van der Waals surface area contributed by atoms with Crippen molar-refractivity contribution in [3.05, 3.63) is 0 Å². The monoisotopic (exact) mass is 216 g/mol. The molecule has 2 fully saturated rings. The Bertz CT molecular complexity index is 205. The zero-order chi connectivity index (χ0) is 10.2. The van der Waals surface area contributed by atoms with Gasteiger partial charge in [-0.05, 0) is 12.8 Å². The first-order valence-electron chi connectivity index (χ1n) is 5.47. The number of hydrogen-bond acceptors (Lipinski definition) is 3. The molecule has 1 saturated heterocycles. The zero-order valence-electron chi connectivity index (χ0n) is 9.08. The van der Waals surface area contributed by atoms with Gasteiger partial charge in [-0.15, -0.1) is 0 Å². The van der Waals surface area contributed by atoms with E-state index >= 15 is 0 Å². The first-order chi connectivity index (χ1) is 6.52. The maximum Gasteiger partial charge on any atom is 0.169 e. The first-order valence-corrected chi connectivity index (χ1v) is 5.99. The summed E-state index contributed by atoms with van der Waals surface area (Å²) in [5.41, 5.74) is 0.175. The van der Waals surface area contributed by atoms with Crippen LogP contribution in [0, 0.1) is 5.41 Å². The lowest BCUT2D eigenvalue weighted by Gasteiger charge is -2.46. The van der Waals surface area contributed by atoms with E-state index in [1.54, 1.807) is 0 Å². The van der Waals surface area contributed by atoms with Gasteiger partial charge in [0.1, 0.15) is 0 Å². The third-order valence-electron chi connectivity index (χ3n) is 3.09. The van der Waals surface area contributed by atoms with Crippen molar-refractivity contribution in [1.29, 1.82) is 0 Å². The normalized spacial score (nSPS) is 35.8. The van der Waals surface area contributed by atoms with E-state index in [4.69, 9.17) is 9.47 Å². The molecule has 0 aromatic carbocycles. The van der Waals surface area contributed by atoms with Gasteiger partial charge in [0.05, 0.1) is 13.2 Å². The summed E-state index contributed by atoms with van der Waals surface area (Å²) in [5.74, 6) is -0.291. The lowest BCUT2D eigenvalue weighted by molar-refractivity contribution is -0.308. The minimum Gasteiger partial charge on any atom is -0.349 e. The summed E-state index contributed by atoms with van der Waals surface area (Å²) in [5, 5.41) is 0.449. The van der Waals surface area contributed by atoms with E-state index in [1.165, 1.54) is 12.8 Å². The Balaban J connectivity index is 1.98. The Hall–Kier alpha value is 0.270. The molecule has 14 heavy (non-hydrogen) atoms. The second-order valence-corrected chi connectivity index (χ2v) is 6.13. The average molecular weight is 216 g/mol. The first kappa shape index (κ1) is 10.8.